The largest absolute Gasteiger partial charge is 0.306 e. The van der Waals surface area contributed by atoms with E-state index < -0.39 is 0 Å². The Hall–Kier alpha value is -1.12. The van der Waals surface area contributed by atoms with Crippen molar-refractivity contribution in [2.45, 2.75) is 12.5 Å². The molecule has 0 saturated heterocycles. The molecule has 0 amide bonds. The van der Waals surface area contributed by atoms with E-state index in [2.05, 4.69) is 69.8 Å². The predicted octanol–water partition coefficient (Wildman–Crippen LogP) is 3.68. The second-order valence-electron chi connectivity index (χ2n) is 4.36. The maximum absolute atomic E-state index is 3.65. The minimum absolute atomic E-state index is 0.331. The van der Waals surface area contributed by atoms with Crippen LogP contribution in [0, 0.1) is 0 Å². The van der Waals surface area contributed by atoms with Crippen LogP contribution in [0.5, 0.6) is 0 Å². The monoisotopic (exact) mass is 287 g/mol. The molecule has 1 unspecified atom stereocenters. The van der Waals surface area contributed by atoms with Crippen LogP contribution in [0.3, 0.4) is 0 Å². The summed E-state index contributed by atoms with van der Waals surface area (Å²) in [6.45, 7) is 1.04. The van der Waals surface area contributed by atoms with Crippen molar-refractivity contribution in [1.82, 2.24) is 5.32 Å². The van der Waals surface area contributed by atoms with Crippen molar-refractivity contribution in [2.75, 3.05) is 6.54 Å². The highest BCUT2D eigenvalue weighted by Gasteiger charge is 2.21. The Morgan fingerprint density at radius 1 is 1.00 bits per heavy atom. The molecule has 0 bridgehead atoms. The van der Waals surface area contributed by atoms with E-state index in [9.17, 15) is 0 Å². The minimum Gasteiger partial charge on any atom is -0.306 e. The fourth-order valence-corrected chi connectivity index (χ4v) is 3.08. The fraction of sp³-hybridized carbons (Fsp3) is 0.200. The summed E-state index contributed by atoms with van der Waals surface area (Å²) in [4.78, 5) is 0. The first kappa shape index (κ1) is 11.0. The summed E-state index contributed by atoms with van der Waals surface area (Å²) in [6, 6.07) is 17.4. The zero-order chi connectivity index (χ0) is 11.7. The number of nitrogens with one attached hydrogen (secondary N) is 1. The molecule has 0 saturated carbocycles. The molecule has 0 spiro atoms. The minimum atomic E-state index is 0.331. The Morgan fingerprint density at radius 3 is 2.65 bits per heavy atom. The molecule has 0 radical (unpaired) electrons. The van der Waals surface area contributed by atoms with Crippen molar-refractivity contribution in [3.05, 3.63) is 69.7 Å². The molecule has 2 aromatic rings. The van der Waals surface area contributed by atoms with Crippen LogP contribution >= 0.6 is 15.9 Å². The lowest BCUT2D eigenvalue weighted by atomic mass is 9.90. The molecule has 86 valence electrons. The number of benzene rings is 2. The lowest BCUT2D eigenvalue weighted by Gasteiger charge is -2.28. The molecule has 2 heteroatoms. The quantitative estimate of drug-likeness (QED) is 0.844. The van der Waals surface area contributed by atoms with Gasteiger partial charge in [-0.3, -0.25) is 0 Å². The summed E-state index contributed by atoms with van der Waals surface area (Å²) < 4.78 is 1.23. The summed E-state index contributed by atoms with van der Waals surface area (Å²) in [5.41, 5.74) is 4.18. The van der Waals surface area contributed by atoms with Crippen LogP contribution in [0.15, 0.2) is 53.0 Å². The van der Waals surface area contributed by atoms with Crippen LogP contribution in [0.1, 0.15) is 22.7 Å². The summed E-state index contributed by atoms with van der Waals surface area (Å²) in [5, 5.41) is 3.60. The third-order valence-corrected chi connectivity index (χ3v) is 4.07. The van der Waals surface area contributed by atoms with Crippen molar-refractivity contribution < 1.29 is 0 Å². The number of halogens is 1. The van der Waals surface area contributed by atoms with Crippen molar-refractivity contribution in [1.29, 1.82) is 0 Å². The molecule has 0 aromatic heterocycles. The highest BCUT2D eigenvalue weighted by Crippen LogP contribution is 2.32. The third-order valence-electron chi connectivity index (χ3n) is 3.32. The topological polar surface area (TPSA) is 12.0 Å². The van der Waals surface area contributed by atoms with E-state index >= 15 is 0 Å². The van der Waals surface area contributed by atoms with Gasteiger partial charge in [-0.25, -0.2) is 0 Å². The average Bonchev–Trinajstić information content (AvgIpc) is 2.40. The first-order valence-corrected chi connectivity index (χ1v) is 6.71. The van der Waals surface area contributed by atoms with Crippen molar-refractivity contribution >= 4 is 15.9 Å². The lowest BCUT2D eigenvalue weighted by molar-refractivity contribution is 0.566. The normalized spacial score (nSPS) is 18.8. The van der Waals surface area contributed by atoms with Gasteiger partial charge in [-0.15, -0.1) is 0 Å². The Balaban J connectivity index is 2.09. The third kappa shape index (κ3) is 2.03. The zero-order valence-corrected chi connectivity index (χ0v) is 11.1. The molecule has 3 rings (SSSR count). The number of hydrogen-bond donors (Lipinski definition) is 1. The van der Waals surface area contributed by atoms with E-state index in [-0.39, 0.29) is 0 Å². The molecule has 1 aliphatic rings. The highest BCUT2D eigenvalue weighted by atomic mass is 79.9. The van der Waals surface area contributed by atoms with Crippen molar-refractivity contribution in [3.63, 3.8) is 0 Å². The van der Waals surface area contributed by atoms with E-state index in [1.165, 1.54) is 21.2 Å². The van der Waals surface area contributed by atoms with Crippen LogP contribution in [-0.2, 0) is 6.42 Å². The molecular weight excluding hydrogens is 274 g/mol. The Bertz CT molecular complexity index is 522. The highest BCUT2D eigenvalue weighted by molar-refractivity contribution is 9.10. The van der Waals surface area contributed by atoms with E-state index in [0.29, 0.717) is 6.04 Å². The number of rotatable bonds is 1. The van der Waals surface area contributed by atoms with Crippen LogP contribution in [0.25, 0.3) is 0 Å². The molecule has 1 N–H and O–H groups in total. The average molecular weight is 288 g/mol. The van der Waals surface area contributed by atoms with Crippen molar-refractivity contribution in [2.24, 2.45) is 0 Å². The van der Waals surface area contributed by atoms with Gasteiger partial charge in [0.15, 0.2) is 0 Å². The fourth-order valence-electron chi connectivity index (χ4n) is 2.50. The molecule has 0 fully saturated rings. The van der Waals surface area contributed by atoms with E-state index in [1.807, 2.05) is 0 Å². The second-order valence-corrected chi connectivity index (χ2v) is 5.21. The van der Waals surface area contributed by atoms with E-state index in [4.69, 9.17) is 0 Å². The predicted molar refractivity (Wildman–Crippen MR) is 74.1 cm³/mol. The molecular formula is C15H14BrN. The van der Waals surface area contributed by atoms with Gasteiger partial charge in [0, 0.05) is 11.0 Å². The standard InChI is InChI=1S/C15H14BrN/c16-14-8-4-7-13-12(14)9-10-17-15(13)11-5-2-1-3-6-11/h1-8,15,17H,9-10H2. The first-order valence-electron chi connectivity index (χ1n) is 5.92. The number of fused-ring (bicyclic) bond motifs is 1. The van der Waals surface area contributed by atoms with E-state index in [0.717, 1.165) is 13.0 Å². The smallest absolute Gasteiger partial charge is 0.0579 e. The van der Waals surface area contributed by atoms with Gasteiger partial charge in [-0.05, 0) is 29.2 Å². The van der Waals surface area contributed by atoms with Gasteiger partial charge >= 0.3 is 0 Å². The molecule has 2 aromatic carbocycles. The van der Waals surface area contributed by atoms with Gasteiger partial charge < -0.3 is 5.32 Å². The summed E-state index contributed by atoms with van der Waals surface area (Å²) in [7, 11) is 0. The van der Waals surface area contributed by atoms with Crippen LogP contribution in [0.2, 0.25) is 0 Å². The van der Waals surface area contributed by atoms with Crippen LogP contribution < -0.4 is 5.32 Å². The molecule has 0 aliphatic carbocycles. The van der Waals surface area contributed by atoms with Gasteiger partial charge in [-0.1, -0.05) is 58.4 Å². The Morgan fingerprint density at radius 2 is 1.82 bits per heavy atom. The van der Waals surface area contributed by atoms with Crippen LogP contribution in [0.4, 0.5) is 0 Å². The summed E-state index contributed by atoms with van der Waals surface area (Å²) >= 11 is 3.65. The maximum Gasteiger partial charge on any atom is 0.0579 e. The zero-order valence-electron chi connectivity index (χ0n) is 9.49. The number of hydrogen-bond acceptors (Lipinski definition) is 1. The van der Waals surface area contributed by atoms with Gasteiger partial charge in [0.2, 0.25) is 0 Å². The van der Waals surface area contributed by atoms with Gasteiger partial charge in [0.05, 0.1) is 6.04 Å². The molecule has 1 nitrogen and oxygen atoms in total. The molecule has 1 aliphatic heterocycles. The molecule has 1 atom stereocenters. The lowest BCUT2D eigenvalue weighted by Crippen LogP contribution is -2.30. The van der Waals surface area contributed by atoms with Gasteiger partial charge in [0.1, 0.15) is 0 Å². The summed E-state index contributed by atoms with van der Waals surface area (Å²) in [5.74, 6) is 0. The first-order chi connectivity index (χ1) is 8.36. The SMILES string of the molecule is Brc1cccc2c1CCNC2c1ccccc1. The maximum atomic E-state index is 3.65. The van der Waals surface area contributed by atoms with Gasteiger partial charge in [0.25, 0.3) is 0 Å². The van der Waals surface area contributed by atoms with Gasteiger partial charge in [-0.2, -0.15) is 0 Å². The summed E-state index contributed by atoms with van der Waals surface area (Å²) in [6.07, 6.45) is 1.10. The molecule has 1 heterocycles. The molecule has 17 heavy (non-hydrogen) atoms. The second kappa shape index (κ2) is 4.63. The Kier molecular flexibility index (Phi) is 3.00. The van der Waals surface area contributed by atoms with Crippen LogP contribution in [-0.4, -0.2) is 6.54 Å². The Labute approximate surface area is 110 Å². The van der Waals surface area contributed by atoms with E-state index in [1.54, 1.807) is 0 Å². The van der Waals surface area contributed by atoms with Crippen molar-refractivity contribution in [3.8, 4) is 0 Å².